The van der Waals surface area contributed by atoms with E-state index in [4.69, 9.17) is 11.6 Å². The van der Waals surface area contributed by atoms with E-state index in [1.807, 2.05) is 23.6 Å². The van der Waals surface area contributed by atoms with Crippen molar-refractivity contribution >= 4 is 40.0 Å². The van der Waals surface area contributed by atoms with Gasteiger partial charge in [-0.3, -0.25) is 9.59 Å². The van der Waals surface area contributed by atoms with Gasteiger partial charge in [0.15, 0.2) is 11.2 Å². The average Bonchev–Trinajstić information content (AvgIpc) is 3.31. The van der Waals surface area contributed by atoms with Gasteiger partial charge in [-0.1, -0.05) is 35.0 Å². The predicted octanol–water partition coefficient (Wildman–Crippen LogP) is 2.21. The van der Waals surface area contributed by atoms with Crippen LogP contribution >= 0.6 is 22.9 Å². The van der Waals surface area contributed by atoms with Gasteiger partial charge in [-0.25, -0.2) is 9.67 Å². The molecule has 2 N–H and O–H groups in total. The molecule has 3 aromatic heterocycles. The molecular weight excluding hydrogens is 388 g/mol. The number of hydrogen-bond acceptors (Lipinski definition) is 6. The van der Waals surface area contributed by atoms with Crippen LogP contribution in [0, 0.1) is 0 Å². The van der Waals surface area contributed by atoms with Gasteiger partial charge < -0.3 is 10.3 Å². The molecule has 0 aliphatic rings. The molecule has 0 bridgehead atoms. The summed E-state index contributed by atoms with van der Waals surface area (Å²) in [5, 5.41) is 13.1. The zero-order valence-electron chi connectivity index (χ0n) is 13.8. The molecule has 136 valence electrons. The molecule has 4 aromatic rings. The second kappa shape index (κ2) is 7.29. The lowest BCUT2D eigenvalue weighted by atomic mass is 10.2. The lowest BCUT2D eigenvalue weighted by Crippen LogP contribution is -2.27. The van der Waals surface area contributed by atoms with Gasteiger partial charge in [-0.2, -0.15) is 0 Å². The molecule has 0 aliphatic heterocycles. The van der Waals surface area contributed by atoms with Crippen molar-refractivity contribution in [1.82, 2.24) is 30.3 Å². The number of rotatable bonds is 5. The smallest absolute Gasteiger partial charge is 0.287 e. The van der Waals surface area contributed by atoms with Gasteiger partial charge in [-0.05, 0) is 29.1 Å². The molecule has 0 unspecified atom stereocenters. The number of carbonyl (C=O) groups is 1. The first-order valence-electron chi connectivity index (χ1n) is 7.99. The Morgan fingerprint density at radius 3 is 2.96 bits per heavy atom. The van der Waals surface area contributed by atoms with Crippen molar-refractivity contribution in [3.63, 3.8) is 0 Å². The van der Waals surface area contributed by atoms with Crippen LogP contribution in [0.25, 0.3) is 11.2 Å². The number of hydrogen-bond donors (Lipinski definition) is 2. The molecule has 3 heterocycles. The van der Waals surface area contributed by atoms with E-state index in [1.165, 1.54) is 4.68 Å². The van der Waals surface area contributed by atoms with Gasteiger partial charge in [0.2, 0.25) is 5.82 Å². The fourth-order valence-corrected chi connectivity index (χ4v) is 3.44. The fraction of sp³-hybridized carbons (Fsp3) is 0.118. The van der Waals surface area contributed by atoms with Crippen molar-refractivity contribution < 1.29 is 4.79 Å². The van der Waals surface area contributed by atoms with Gasteiger partial charge >= 0.3 is 0 Å². The molecule has 10 heteroatoms. The Hall–Kier alpha value is -3.04. The SMILES string of the molecule is O=C(NCc1cccc(Cl)c1)c1nc2c(nnn2Cc2cccs2)c(=O)[nH]1. The van der Waals surface area contributed by atoms with Gasteiger partial charge in [0, 0.05) is 16.4 Å². The molecule has 0 saturated heterocycles. The quantitative estimate of drug-likeness (QED) is 0.534. The Balaban J connectivity index is 1.59. The number of halogens is 1. The van der Waals surface area contributed by atoms with E-state index in [1.54, 1.807) is 29.5 Å². The fourth-order valence-electron chi connectivity index (χ4n) is 2.54. The molecule has 0 fully saturated rings. The minimum atomic E-state index is -0.509. The van der Waals surface area contributed by atoms with Crippen LogP contribution in [0.3, 0.4) is 0 Å². The Morgan fingerprint density at radius 2 is 2.19 bits per heavy atom. The van der Waals surface area contributed by atoms with Crippen molar-refractivity contribution in [1.29, 1.82) is 0 Å². The lowest BCUT2D eigenvalue weighted by Gasteiger charge is -2.06. The van der Waals surface area contributed by atoms with E-state index in [2.05, 4.69) is 25.6 Å². The third-order valence-corrected chi connectivity index (χ3v) is 4.91. The first-order valence-corrected chi connectivity index (χ1v) is 9.24. The highest BCUT2D eigenvalue weighted by molar-refractivity contribution is 7.09. The molecule has 0 saturated carbocycles. The number of nitrogens with one attached hydrogen (secondary N) is 2. The van der Waals surface area contributed by atoms with Crippen LogP contribution in [-0.2, 0) is 13.1 Å². The molecule has 0 spiro atoms. The number of H-pyrrole nitrogens is 1. The minimum absolute atomic E-state index is 0.0933. The van der Waals surface area contributed by atoms with E-state index in [9.17, 15) is 9.59 Å². The number of aromatic nitrogens is 5. The third-order valence-electron chi connectivity index (χ3n) is 3.82. The number of carbonyl (C=O) groups excluding carboxylic acids is 1. The first kappa shape index (κ1) is 17.4. The van der Waals surface area contributed by atoms with Gasteiger partial charge in [0.1, 0.15) is 0 Å². The molecule has 0 atom stereocenters. The highest BCUT2D eigenvalue weighted by Crippen LogP contribution is 2.13. The number of aromatic amines is 1. The van der Waals surface area contributed by atoms with Crippen molar-refractivity contribution in [2.24, 2.45) is 0 Å². The minimum Gasteiger partial charge on any atom is -0.345 e. The van der Waals surface area contributed by atoms with E-state index in [0.717, 1.165) is 10.4 Å². The molecule has 1 amide bonds. The first-order chi connectivity index (χ1) is 13.1. The third kappa shape index (κ3) is 3.74. The van der Waals surface area contributed by atoms with Crippen LogP contribution in [0.1, 0.15) is 21.1 Å². The summed E-state index contributed by atoms with van der Waals surface area (Å²) < 4.78 is 1.50. The Labute approximate surface area is 161 Å². The van der Waals surface area contributed by atoms with Crippen molar-refractivity contribution in [2.75, 3.05) is 0 Å². The van der Waals surface area contributed by atoms with Crippen molar-refractivity contribution in [3.05, 3.63) is 73.4 Å². The lowest BCUT2D eigenvalue weighted by molar-refractivity contribution is 0.0940. The summed E-state index contributed by atoms with van der Waals surface area (Å²) in [6, 6.07) is 11.0. The number of benzene rings is 1. The topological polar surface area (TPSA) is 106 Å². The summed E-state index contributed by atoms with van der Waals surface area (Å²) in [5.41, 5.74) is 0.687. The maximum atomic E-state index is 12.4. The predicted molar refractivity (Wildman–Crippen MR) is 102 cm³/mol. The van der Waals surface area contributed by atoms with E-state index in [0.29, 0.717) is 11.6 Å². The monoisotopic (exact) mass is 400 g/mol. The van der Waals surface area contributed by atoms with Crippen LogP contribution in [0.15, 0.2) is 46.6 Å². The summed E-state index contributed by atoms with van der Waals surface area (Å²) in [5.74, 6) is -0.595. The van der Waals surface area contributed by atoms with E-state index >= 15 is 0 Å². The van der Waals surface area contributed by atoms with Crippen LogP contribution in [0.4, 0.5) is 0 Å². The summed E-state index contributed by atoms with van der Waals surface area (Å²) in [7, 11) is 0. The molecule has 1 aromatic carbocycles. The molecule has 8 nitrogen and oxygen atoms in total. The number of amides is 1. The van der Waals surface area contributed by atoms with Crippen LogP contribution in [0.2, 0.25) is 5.02 Å². The Bertz CT molecular complexity index is 1170. The maximum absolute atomic E-state index is 12.4. The standard InChI is InChI=1S/C17H13ClN6O2S/c18-11-4-1-3-10(7-11)8-19-17(26)14-20-15-13(16(25)21-14)22-23-24(15)9-12-5-2-6-27-12/h1-7H,8-9H2,(H,19,26)(H,20,21,25). The summed E-state index contributed by atoms with van der Waals surface area (Å²) in [6.45, 7) is 0.683. The summed E-state index contributed by atoms with van der Waals surface area (Å²) in [6.07, 6.45) is 0. The zero-order valence-corrected chi connectivity index (χ0v) is 15.4. The Kier molecular flexibility index (Phi) is 4.69. The molecule has 27 heavy (non-hydrogen) atoms. The van der Waals surface area contributed by atoms with Crippen LogP contribution < -0.4 is 10.9 Å². The number of thiophene rings is 1. The molecule has 0 aliphatic carbocycles. The zero-order chi connectivity index (χ0) is 18.8. The van der Waals surface area contributed by atoms with Crippen molar-refractivity contribution in [2.45, 2.75) is 13.1 Å². The van der Waals surface area contributed by atoms with Crippen LogP contribution in [-0.4, -0.2) is 30.9 Å². The summed E-state index contributed by atoms with van der Waals surface area (Å²) >= 11 is 7.50. The maximum Gasteiger partial charge on any atom is 0.287 e. The highest BCUT2D eigenvalue weighted by Gasteiger charge is 2.16. The van der Waals surface area contributed by atoms with Gasteiger partial charge in [-0.15, -0.1) is 16.4 Å². The van der Waals surface area contributed by atoms with E-state index in [-0.39, 0.29) is 23.5 Å². The Morgan fingerprint density at radius 1 is 1.30 bits per heavy atom. The van der Waals surface area contributed by atoms with Gasteiger partial charge in [0.05, 0.1) is 6.54 Å². The highest BCUT2D eigenvalue weighted by atomic mass is 35.5. The van der Waals surface area contributed by atoms with Crippen LogP contribution in [0.5, 0.6) is 0 Å². The van der Waals surface area contributed by atoms with Gasteiger partial charge in [0.25, 0.3) is 11.5 Å². The molecule has 0 radical (unpaired) electrons. The second-order valence-corrected chi connectivity index (χ2v) is 7.19. The van der Waals surface area contributed by atoms with E-state index < -0.39 is 11.5 Å². The molecular formula is C17H13ClN6O2S. The molecule has 4 rings (SSSR count). The van der Waals surface area contributed by atoms with Crippen molar-refractivity contribution in [3.8, 4) is 0 Å². The summed E-state index contributed by atoms with van der Waals surface area (Å²) in [4.78, 5) is 32.4. The number of nitrogens with zero attached hydrogens (tertiary/aromatic N) is 4. The largest absolute Gasteiger partial charge is 0.345 e. The average molecular weight is 401 g/mol. The second-order valence-electron chi connectivity index (χ2n) is 5.73. The normalized spacial score (nSPS) is 11.0. The number of fused-ring (bicyclic) bond motifs is 1.